The molecular formula is C18H19N3O. The fraction of sp³-hybridized carbons (Fsp3) is 0.222. The van der Waals surface area contributed by atoms with Crippen molar-refractivity contribution in [2.75, 3.05) is 12.3 Å². The Morgan fingerprint density at radius 1 is 0.955 bits per heavy atom. The van der Waals surface area contributed by atoms with Gasteiger partial charge in [-0.3, -0.25) is 0 Å². The van der Waals surface area contributed by atoms with Gasteiger partial charge < -0.3 is 10.5 Å². The molecule has 0 unspecified atom stereocenters. The van der Waals surface area contributed by atoms with Gasteiger partial charge in [0.1, 0.15) is 11.4 Å². The van der Waals surface area contributed by atoms with Crippen LogP contribution in [0.2, 0.25) is 0 Å². The van der Waals surface area contributed by atoms with Crippen LogP contribution in [0.5, 0.6) is 5.75 Å². The molecule has 0 saturated carbocycles. The summed E-state index contributed by atoms with van der Waals surface area (Å²) in [5, 5.41) is 10.3. The summed E-state index contributed by atoms with van der Waals surface area (Å²) in [5.41, 5.74) is 7.74. The molecule has 3 rings (SSSR count). The van der Waals surface area contributed by atoms with Gasteiger partial charge in [-0.25, -0.2) is 0 Å². The predicted molar refractivity (Wildman–Crippen MR) is 89.7 cm³/mol. The van der Waals surface area contributed by atoms with Crippen LogP contribution in [0.4, 0.5) is 5.82 Å². The summed E-state index contributed by atoms with van der Waals surface area (Å²) in [5.74, 6) is 1.83. The molecule has 0 aliphatic carbocycles. The van der Waals surface area contributed by atoms with Gasteiger partial charge in [-0.15, -0.1) is 10.2 Å². The lowest BCUT2D eigenvalue weighted by atomic mass is 10.0. The van der Waals surface area contributed by atoms with E-state index in [0.29, 0.717) is 18.3 Å². The van der Waals surface area contributed by atoms with Gasteiger partial charge in [-0.1, -0.05) is 38.1 Å². The first kappa shape index (κ1) is 14.3. The van der Waals surface area contributed by atoms with E-state index in [1.165, 1.54) is 0 Å². The van der Waals surface area contributed by atoms with Crippen LogP contribution in [0.1, 0.15) is 13.8 Å². The highest BCUT2D eigenvalue weighted by Gasteiger charge is 2.09. The van der Waals surface area contributed by atoms with Gasteiger partial charge in [0.25, 0.3) is 0 Å². The largest absolute Gasteiger partial charge is 0.493 e. The molecule has 4 nitrogen and oxygen atoms in total. The molecule has 0 atom stereocenters. The van der Waals surface area contributed by atoms with Gasteiger partial charge in [0.2, 0.25) is 0 Å². The second kappa shape index (κ2) is 6.02. The Morgan fingerprint density at radius 2 is 1.64 bits per heavy atom. The number of nitrogens with zero attached hydrogens (tertiary/aromatic N) is 2. The molecule has 2 N–H and O–H groups in total. The smallest absolute Gasteiger partial charge is 0.154 e. The lowest BCUT2D eigenvalue weighted by Gasteiger charge is -2.10. The predicted octanol–water partition coefficient (Wildman–Crippen LogP) is 3.91. The zero-order chi connectivity index (χ0) is 15.5. The topological polar surface area (TPSA) is 61.0 Å². The molecule has 0 aliphatic rings. The molecule has 0 saturated heterocycles. The number of hydrogen-bond donors (Lipinski definition) is 1. The molecule has 1 heterocycles. The molecule has 112 valence electrons. The number of nitrogen functional groups attached to an aromatic ring is 1. The first-order valence-corrected chi connectivity index (χ1v) is 7.39. The van der Waals surface area contributed by atoms with Crippen LogP contribution in [0.15, 0.2) is 48.5 Å². The highest BCUT2D eigenvalue weighted by atomic mass is 16.5. The number of rotatable bonds is 4. The van der Waals surface area contributed by atoms with Crippen molar-refractivity contribution in [2.24, 2.45) is 5.92 Å². The molecule has 0 aliphatic heterocycles. The summed E-state index contributed by atoms with van der Waals surface area (Å²) >= 11 is 0. The zero-order valence-electron chi connectivity index (χ0n) is 12.8. The van der Waals surface area contributed by atoms with Crippen LogP contribution in [0, 0.1) is 5.92 Å². The van der Waals surface area contributed by atoms with Crippen molar-refractivity contribution in [1.29, 1.82) is 0 Å². The summed E-state index contributed by atoms with van der Waals surface area (Å²) in [6.45, 7) is 4.97. The van der Waals surface area contributed by atoms with Gasteiger partial charge in [-0.05, 0) is 30.2 Å². The highest BCUT2D eigenvalue weighted by molar-refractivity contribution is 5.99. The molecule has 22 heavy (non-hydrogen) atoms. The van der Waals surface area contributed by atoms with Gasteiger partial charge in [-0.2, -0.15) is 0 Å². The van der Waals surface area contributed by atoms with E-state index in [1.807, 2.05) is 48.5 Å². The lowest BCUT2D eigenvalue weighted by Crippen LogP contribution is -2.04. The van der Waals surface area contributed by atoms with Crippen LogP contribution in [0.25, 0.3) is 22.0 Å². The third kappa shape index (κ3) is 2.86. The Balaban J connectivity index is 1.96. The van der Waals surface area contributed by atoms with Crippen molar-refractivity contribution in [3.05, 3.63) is 48.5 Å². The third-order valence-electron chi connectivity index (χ3n) is 3.43. The quantitative estimate of drug-likeness (QED) is 0.792. The maximum atomic E-state index is 5.90. The number of ether oxygens (including phenoxy) is 1. The van der Waals surface area contributed by atoms with Gasteiger partial charge in [0.15, 0.2) is 5.82 Å². The SMILES string of the molecule is CC(C)COc1ccc(-c2nnc(N)c3ccccc23)cc1. The van der Waals surface area contributed by atoms with E-state index in [2.05, 4.69) is 24.0 Å². The molecular weight excluding hydrogens is 274 g/mol. The summed E-state index contributed by atoms with van der Waals surface area (Å²) < 4.78 is 5.71. The van der Waals surface area contributed by atoms with Crippen LogP contribution >= 0.6 is 0 Å². The van der Waals surface area contributed by atoms with E-state index in [0.717, 1.165) is 27.8 Å². The number of benzene rings is 2. The first-order valence-electron chi connectivity index (χ1n) is 7.39. The average Bonchev–Trinajstić information content (AvgIpc) is 2.54. The standard InChI is InChI=1S/C18H19N3O/c1-12(2)11-22-14-9-7-13(8-10-14)17-15-5-3-4-6-16(15)18(19)21-20-17/h3-10,12H,11H2,1-2H3,(H2,19,21). The lowest BCUT2D eigenvalue weighted by molar-refractivity contribution is 0.271. The normalized spacial score (nSPS) is 11.0. The second-order valence-electron chi connectivity index (χ2n) is 5.71. The van der Waals surface area contributed by atoms with Gasteiger partial charge >= 0.3 is 0 Å². The van der Waals surface area contributed by atoms with Crippen LogP contribution < -0.4 is 10.5 Å². The van der Waals surface area contributed by atoms with Crippen molar-refractivity contribution >= 4 is 16.6 Å². The third-order valence-corrected chi connectivity index (χ3v) is 3.43. The Labute approximate surface area is 129 Å². The number of aromatic nitrogens is 2. The zero-order valence-corrected chi connectivity index (χ0v) is 12.8. The Morgan fingerprint density at radius 3 is 2.32 bits per heavy atom. The monoisotopic (exact) mass is 293 g/mol. The Hall–Kier alpha value is -2.62. The van der Waals surface area contributed by atoms with E-state index in [1.54, 1.807) is 0 Å². The minimum Gasteiger partial charge on any atom is -0.493 e. The fourth-order valence-electron chi connectivity index (χ4n) is 2.31. The summed E-state index contributed by atoms with van der Waals surface area (Å²) in [7, 11) is 0. The number of hydrogen-bond acceptors (Lipinski definition) is 4. The summed E-state index contributed by atoms with van der Waals surface area (Å²) in [4.78, 5) is 0. The van der Waals surface area contributed by atoms with Gasteiger partial charge in [0, 0.05) is 16.3 Å². The molecule has 0 radical (unpaired) electrons. The Bertz CT molecular complexity index is 782. The Kier molecular flexibility index (Phi) is 3.92. The van der Waals surface area contributed by atoms with E-state index < -0.39 is 0 Å². The molecule has 0 spiro atoms. The van der Waals surface area contributed by atoms with E-state index in [4.69, 9.17) is 10.5 Å². The van der Waals surface area contributed by atoms with E-state index in [9.17, 15) is 0 Å². The van der Waals surface area contributed by atoms with Crippen molar-refractivity contribution in [3.63, 3.8) is 0 Å². The molecule has 0 bridgehead atoms. The van der Waals surface area contributed by atoms with E-state index >= 15 is 0 Å². The molecule has 2 aromatic carbocycles. The number of nitrogens with two attached hydrogens (primary N) is 1. The second-order valence-corrected chi connectivity index (χ2v) is 5.71. The molecule has 1 aromatic heterocycles. The van der Waals surface area contributed by atoms with Crippen LogP contribution in [0.3, 0.4) is 0 Å². The average molecular weight is 293 g/mol. The minimum atomic E-state index is 0.455. The summed E-state index contributed by atoms with van der Waals surface area (Å²) in [6.07, 6.45) is 0. The number of anilines is 1. The van der Waals surface area contributed by atoms with Crippen LogP contribution in [-0.4, -0.2) is 16.8 Å². The minimum absolute atomic E-state index is 0.455. The van der Waals surface area contributed by atoms with Crippen molar-refractivity contribution in [1.82, 2.24) is 10.2 Å². The molecule has 0 amide bonds. The first-order chi connectivity index (χ1) is 10.6. The van der Waals surface area contributed by atoms with Crippen molar-refractivity contribution in [2.45, 2.75) is 13.8 Å². The molecule has 3 aromatic rings. The summed E-state index contributed by atoms with van der Waals surface area (Å²) in [6, 6.07) is 15.8. The van der Waals surface area contributed by atoms with E-state index in [-0.39, 0.29) is 0 Å². The van der Waals surface area contributed by atoms with Crippen LogP contribution in [-0.2, 0) is 0 Å². The maximum Gasteiger partial charge on any atom is 0.154 e. The molecule has 0 fully saturated rings. The van der Waals surface area contributed by atoms with Crippen molar-refractivity contribution < 1.29 is 4.74 Å². The fourth-order valence-corrected chi connectivity index (χ4v) is 2.31. The highest BCUT2D eigenvalue weighted by Crippen LogP contribution is 2.29. The van der Waals surface area contributed by atoms with Crippen molar-refractivity contribution in [3.8, 4) is 17.0 Å². The van der Waals surface area contributed by atoms with Gasteiger partial charge in [0.05, 0.1) is 6.61 Å². The maximum absolute atomic E-state index is 5.90. The molecule has 4 heteroatoms. The number of fused-ring (bicyclic) bond motifs is 1.